The first kappa shape index (κ1) is 23.9. The Bertz CT molecular complexity index is 1520. The second kappa shape index (κ2) is 10.9. The van der Waals surface area contributed by atoms with Gasteiger partial charge < -0.3 is 15.6 Å². The molecular formula is C28H27N7O2. The number of pyridine rings is 2. The van der Waals surface area contributed by atoms with Crippen molar-refractivity contribution in [2.75, 3.05) is 11.9 Å². The summed E-state index contributed by atoms with van der Waals surface area (Å²) in [4.78, 5) is 42.2. The van der Waals surface area contributed by atoms with Crippen molar-refractivity contribution in [1.82, 2.24) is 29.8 Å². The summed E-state index contributed by atoms with van der Waals surface area (Å²) in [7, 11) is 0. The van der Waals surface area contributed by atoms with Crippen LogP contribution in [0.15, 0.2) is 90.2 Å². The first-order valence-corrected chi connectivity index (χ1v) is 12.0. The van der Waals surface area contributed by atoms with Crippen molar-refractivity contribution in [3.8, 4) is 0 Å². The van der Waals surface area contributed by atoms with E-state index in [0.717, 1.165) is 27.9 Å². The quantitative estimate of drug-likeness (QED) is 0.290. The molecule has 0 saturated heterocycles. The zero-order valence-electron chi connectivity index (χ0n) is 20.4. The Morgan fingerprint density at radius 2 is 1.86 bits per heavy atom. The van der Waals surface area contributed by atoms with Gasteiger partial charge in [-0.15, -0.1) is 0 Å². The molecule has 0 spiro atoms. The molecule has 1 atom stereocenters. The van der Waals surface area contributed by atoms with E-state index in [1.54, 1.807) is 25.5 Å². The zero-order chi connectivity index (χ0) is 25.6. The monoisotopic (exact) mass is 493 g/mol. The van der Waals surface area contributed by atoms with Crippen molar-refractivity contribution in [3.63, 3.8) is 0 Å². The summed E-state index contributed by atoms with van der Waals surface area (Å²) in [5.41, 5.74) is 3.89. The van der Waals surface area contributed by atoms with Gasteiger partial charge in [-0.2, -0.15) is 0 Å². The predicted octanol–water partition coefficient (Wildman–Crippen LogP) is 3.38. The maximum absolute atomic E-state index is 13.2. The van der Waals surface area contributed by atoms with Gasteiger partial charge in [0.15, 0.2) is 5.82 Å². The standard InChI is InChI=1S/C28H27N7O2/c1-19-14-33-27(34-16-23(20-7-3-2-4-8-20)24-9-5-6-11-29-24)28(37)35(19)18-26(36)32-15-22-13-21-10-12-30-25(21)17-31-22/h2-14,17,23,30H,15-16,18H2,1H3,(H,32,36)(H,33,34). The van der Waals surface area contributed by atoms with Crippen LogP contribution in [0.5, 0.6) is 0 Å². The topological polar surface area (TPSA) is 118 Å². The Hall–Kier alpha value is -4.79. The number of benzene rings is 1. The second-order valence-corrected chi connectivity index (χ2v) is 8.76. The molecule has 0 radical (unpaired) electrons. The van der Waals surface area contributed by atoms with Crippen LogP contribution in [0.1, 0.15) is 28.6 Å². The number of aromatic amines is 1. The number of aromatic nitrogens is 5. The Labute approximate surface area is 213 Å². The largest absolute Gasteiger partial charge is 0.364 e. The molecule has 0 fully saturated rings. The Kier molecular flexibility index (Phi) is 7.02. The van der Waals surface area contributed by atoms with Gasteiger partial charge in [-0.05, 0) is 36.8 Å². The number of aryl methyl sites for hydroxylation is 1. The van der Waals surface area contributed by atoms with Crippen LogP contribution in [0.2, 0.25) is 0 Å². The van der Waals surface area contributed by atoms with Crippen LogP contribution in [-0.4, -0.2) is 37.0 Å². The van der Waals surface area contributed by atoms with E-state index in [9.17, 15) is 9.59 Å². The van der Waals surface area contributed by atoms with E-state index in [1.165, 1.54) is 4.57 Å². The summed E-state index contributed by atoms with van der Waals surface area (Å²) in [5.74, 6) is -0.171. The number of rotatable bonds is 9. The van der Waals surface area contributed by atoms with Crippen molar-refractivity contribution in [2.45, 2.75) is 25.9 Å². The fourth-order valence-corrected chi connectivity index (χ4v) is 4.23. The number of hydrogen-bond donors (Lipinski definition) is 3. The molecular weight excluding hydrogens is 466 g/mol. The third-order valence-electron chi connectivity index (χ3n) is 6.24. The molecule has 9 heteroatoms. The normalized spacial score (nSPS) is 11.8. The summed E-state index contributed by atoms with van der Waals surface area (Å²) >= 11 is 0. The van der Waals surface area contributed by atoms with E-state index in [4.69, 9.17) is 0 Å². The third-order valence-corrected chi connectivity index (χ3v) is 6.24. The molecule has 4 heterocycles. The van der Waals surface area contributed by atoms with E-state index in [0.29, 0.717) is 12.2 Å². The average Bonchev–Trinajstić information content (AvgIpc) is 3.40. The van der Waals surface area contributed by atoms with Crippen molar-refractivity contribution in [2.24, 2.45) is 0 Å². The van der Waals surface area contributed by atoms with Gasteiger partial charge in [-0.1, -0.05) is 36.4 Å². The Morgan fingerprint density at radius 1 is 1.03 bits per heavy atom. The number of anilines is 1. The van der Waals surface area contributed by atoms with Gasteiger partial charge in [0.25, 0.3) is 5.56 Å². The van der Waals surface area contributed by atoms with Crippen LogP contribution in [0.4, 0.5) is 5.82 Å². The van der Waals surface area contributed by atoms with E-state index in [1.807, 2.05) is 66.9 Å². The summed E-state index contributed by atoms with van der Waals surface area (Å²) < 4.78 is 1.42. The molecule has 9 nitrogen and oxygen atoms in total. The van der Waals surface area contributed by atoms with Gasteiger partial charge in [-0.3, -0.25) is 24.1 Å². The van der Waals surface area contributed by atoms with E-state index < -0.39 is 0 Å². The fourth-order valence-electron chi connectivity index (χ4n) is 4.23. The summed E-state index contributed by atoms with van der Waals surface area (Å²) in [6.07, 6.45) is 6.93. The van der Waals surface area contributed by atoms with Crippen LogP contribution in [0.25, 0.3) is 10.9 Å². The van der Waals surface area contributed by atoms with Gasteiger partial charge in [0, 0.05) is 47.8 Å². The lowest BCUT2D eigenvalue weighted by Gasteiger charge is -2.18. The first-order valence-electron chi connectivity index (χ1n) is 12.0. The Balaban J connectivity index is 1.28. The highest BCUT2D eigenvalue weighted by Crippen LogP contribution is 2.23. The van der Waals surface area contributed by atoms with Gasteiger partial charge >= 0.3 is 0 Å². The van der Waals surface area contributed by atoms with Crippen molar-refractivity contribution in [1.29, 1.82) is 0 Å². The number of hydrogen-bond acceptors (Lipinski definition) is 6. The lowest BCUT2D eigenvalue weighted by Crippen LogP contribution is -2.35. The van der Waals surface area contributed by atoms with Gasteiger partial charge in [0.05, 0.1) is 24.0 Å². The maximum atomic E-state index is 13.2. The fraction of sp³-hybridized carbons (Fsp3) is 0.179. The van der Waals surface area contributed by atoms with Crippen LogP contribution in [-0.2, 0) is 17.9 Å². The minimum Gasteiger partial charge on any atom is -0.364 e. The second-order valence-electron chi connectivity index (χ2n) is 8.76. The maximum Gasteiger partial charge on any atom is 0.293 e. The first-order chi connectivity index (χ1) is 18.1. The number of carbonyl (C=O) groups excluding carboxylic acids is 1. The molecule has 0 aliphatic rings. The molecule has 4 aromatic heterocycles. The minimum atomic E-state index is -0.352. The number of amides is 1. The lowest BCUT2D eigenvalue weighted by molar-refractivity contribution is -0.121. The molecule has 1 amide bonds. The number of H-pyrrole nitrogens is 1. The molecule has 5 rings (SSSR count). The summed E-state index contributed by atoms with van der Waals surface area (Å²) in [6, 6.07) is 19.7. The lowest BCUT2D eigenvalue weighted by atomic mass is 9.95. The van der Waals surface area contributed by atoms with Crippen LogP contribution in [0, 0.1) is 6.92 Å². The molecule has 186 valence electrons. The minimum absolute atomic E-state index is 0.0773. The van der Waals surface area contributed by atoms with E-state index in [-0.39, 0.29) is 36.3 Å². The van der Waals surface area contributed by atoms with Crippen LogP contribution in [0.3, 0.4) is 0 Å². The van der Waals surface area contributed by atoms with Gasteiger partial charge in [0.1, 0.15) is 6.54 Å². The van der Waals surface area contributed by atoms with Crippen LogP contribution < -0.4 is 16.2 Å². The van der Waals surface area contributed by atoms with Gasteiger partial charge in [-0.25, -0.2) is 4.98 Å². The summed E-state index contributed by atoms with van der Waals surface area (Å²) in [6.45, 7) is 2.34. The molecule has 0 bridgehead atoms. The molecule has 5 aromatic rings. The molecule has 0 aliphatic carbocycles. The average molecular weight is 494 g/mol. The SMILES string of the molecule is Cc1cnc(NCC(c2ccccc2)c2ccccn2)c(=O)n1CC(=O)NCc1cc2cc[nH]c2cn1. The summed E-state index contributed by atoms with van der Waals surface area (Å²) in [5, 5.41) is 7.07. The van der Waals surface area contributed by atoms with E-state index in [2.05, 4.69) is 30.6 Å². The van der Waals surface area contributed by atoms with Gasteiger partial charge in [0.2, 0.25) is 5.91 Å². The molecule has 0 saturated carbocycles. The molecule has 0 aliphatic heterocycles. The highest BCUT2D eigenvalue weighted by atomic mass is 16.2. The van der Waals surface area contributed by atoms with Crippen molar-refractivity contribution >= 4 is 22.6 Å². The number of carbonyl (C=O) groups is 1. The smallest absolute Gasteiger partial charge is 0.293 e. The van der Waals surface area contributed by atoms with E-state index >= 15 is 0 Å². The highest BCUT2D eigenvalue weighted by Gasteiger charge is 2.17. The Morgan fingerprint density at radius 3 is 2.68 bits per heavy atom. The number of nitrogens with one attached hydrogen (secondary N) is 3. The van der Waals surface area contributed by atoms with Crippen molar-refractivity contribution in [3.05, 3.63) is 118 Å². The van der Waals surface area contributed by atoms with Crippen LogP contribution >= 0.6 is 0 Å². The molecule has 1 unspecified atom stereocenters. The molecule has 3 N–H and O–H groups in total. The van der Waals surface area contributed by atoms with Crippen molar-refractivity contribution < 1.29 is 4.79 Å². The molecule has 37 heavy (non-hydrogen) atoms. The highest BCUT2D eigenvalue weighted by molar-refractivity contribution is 5.79. The zero-order valence-corrected chi connectivity index (χ0v) is 20.4. The number of nitrogens with zero attached hydrogens (tertiary/aromatic N) is 4. The number of fused-ring (bicyclic) bond motifs is 1. The molecule has 1 aromatic carbocycles. The third kappa shape index (κ3) is 5.56. The predicted molar refractivity (Wildman–Crippen MR) is 142 cm³/mol.